The lowest BCUT2D eigenvalue weighted by molar-refractivity contribution is -0.185. The number of aliphatic imine (C=N–C) groups is 1. The monoisotopic (exact) mass is 389 g/mol. The Morgan fingerprint density at radius 2 is 1.82 bits per heavy atom. The van der Waals surface area contributed by atoms with E-state index in [4.69, 9.17) is 4.74 Å². The Kier molecular flexibility index (Phi) is 9.82. The number of aryl methyl sites for hydroxylation is 1. The van der Waals surface area contributed by atoms with Gasteiger partial charge in [-0.2, -0.15) is 0 Å². The van der Waals surface area contributed by atoms with Crippen molar-refractivity contribution in [2.45, 2.75) is 13.8 Å². The van der Waals surface area contributed by atoms with Gasteiger partial charge in [0.2, 0.25) is 0 Å². The maximum atomic E-state index is 12.1. The van der Waals surface area contributed by atoms with Crippen LogP contribution in [-0.4, -0.2) is 31.6 Å². The molecule has 28 heavy (non-hydrogen) atoms. The van der Waals surface area contributed by atoms with E-state index >= 15 is 0 Å². The van der Waals surface area contributed by atoms with Gasteiger partial charge in [-0.05, 0) is 38.1 Å². The first-order valence-electron chi connectivity index (χ1n) is 8.30. The van der Waals surface area contributed by atoms with E-state index in [9.17, 15) is 18.5 Å². The van der Waals surface area contributed by atoms with E-state index in [1.54, 1.807) is 50.4 Å². The largest absolute Gasteiger partial charge is 0.482 e. The Bertz CT molecular complexity index is 825. The molecule has 0 saturated heterocycles. The highest BCUT2D eigenvalue weighted by Gasteiger charge is 2.11. The summed E-state index contributed by atoms with van der Waals surface area (Å²) in [5.74, 6) is -1.27. The summed E-state index contributed by atoms with van der Waals surface area (Å²) in [5, 5.41) is 0. The van der Waals surface area contributed by atoms with Gasteiger partial charge in [0.25, 0.3) is 0 Å². The third-order valence-corrected chi connectivity index (χ3v) is 3.39. The molecule has 0 radical (unpaired) electrons. The Morgan fingerprint density at radius 3 is 2.36 bits per heavy atom. The Labute approximate surface area is 162 Å². The first-order chi connectivity index (χ1) is 13.4. The van der Waals surface area contributed by atoms with E-state index in [2.05, 4.69) is 9.93 Å². The van der Waals surface area contributed by atoms with Gasteiger partial charge >= 0.3 is 5.97 Å². The molecule has 0 spiro atoms. The molecule has 2 aromatic rings. The average molecular weight is 389 g/mol. The van der Waals surface area contributed by atoms with Gasteiger partial charge in [-0.1, -0.05) is 35.9 Å². The van der Waals surface area contributed by atoms with Crippen molar-refractivity contribution in [3.8, 4) is 5.75 Å². The van der Waals surface area contributed by atoms with Crippen LogP contribution < -0.4 is 4.74 Å². The van der Waals surface area contributed by atoms with Gasteiger partial charge < -0.3 is 4.74 Å². The lowest BCUT2D eigenvalue weighted by Gasteiger charge is -2.06. The number of carbonyl (C=O) groups is 2. The fourth-order valence-electron chi connectivity index (χ4n) is 1.99. The molecule has 2 rings (SSSR count). The number of ketones is 1. The van der Waals surface area contributed by atoms with Gasteiger partial charge in [0.1, 0.15) is 11.6 Å². The first kappa shape index (κ1) is 22.7. The molecule has 7 heteroatoms. The predicted molar refractivity (Wildman–Crippen MR) is 103 cm³/mol. The molecular formula is C21H21F2NO4. The lowest BCUT2D eigenvalue weighted by Crippen LogP contribution is -2.11. The van der Waals surface area contributed by atoms with Crippen LogP contribution in [0, 0.1) is 12.7 Å². The zero-order valence-electron chi connectivity index (χ0n) is 15.8. The Hall–Kier alpha value is -3.35. The normalized spacial score (nSPS) is 10.8. The molecule has 0 aliphatic carbocycles. The zero-order chi connectivity index (χ0) is 20.9. The number of benzene rings is 2. The van der Waals surface area contributed by atoms with Crippen LogP contribution in [0.4, 0.5) is 8.92 Å². The van der Waals surface area contributed by atoms with Crippen LogP contribution in [0.3, 0.4) is 0 Å². The van der Waals surface area contributed by atoms with Crippen molar-refractivity contribution >= 4 is 18.0 Å². The number of carbonyl (C=O) groups excluding carboxylic acids is 2. The minimum Gasteiger partial charge on any atom is -0.482 e. The summed E-state index contributed by atoms with van der Waals surface area (Å²) in [5.41, 5.74) is 1.91. The van der Waals surface area contributed by atoms with Crippen molar-refractivity contribution in [1.82, 2.24) is 0 Å². The molecule has 0 saturated carbocycles. The summed E-state index contributed by atoms with van der Waals surface area (Å²) < 4.78 is 28.6. The molecule has 0 amide bonds. The van der Waals surface area contributed by atoms with Crippen LogP contribution in [0.2, 0.25) is 0 Å². The molecule has 0 aromatic heterocycles. The van der Waals surface area contributed by atoms with Crippen molar-refractivity contribution in [2.75, 3.05) is 13.7 Å². The molecule has 0 N–H and O–H groups in total. The van der Waals surface area contributed by atoms with Crippen molar-refractivity contribution in [3.05, 3.63) is 77.1 Å². The van der Waals surface area contributed by atoms with Crippen molar-refractivity contribution in [2.24, 2.45) is 4.99 Å². The quantitative estimate of drug-likeness (QED) is 0.416. The molecule has 0 bridgehead atoms. The smallest absolute Gasteiger partial charge is 0.385 e. The number of ether oxygens (including phenoxy) is 1. The number of Topliss-reactive ketones (excluding diaryl/α,β-unsaturated/α-hetero) is 1. The van der Waals surface area contributed by atoms with Crippen LogP contribution in [0.25, 0.3) is 0 Å². The van der Waals surface area contributed by atoms with Gasteiger partial charge in [-0.25, -0.2) is 9.18 Å². The highest BCUT2D eigenvalue weighted by molar-refractivity contribution is 6.21. The van der Waals surface area contributed by atoms with Gasteiger partial charge in [-0.15, -0.1) is 0 Å². The van der Waals surface area contributed by atoms with Crippen molar-refractivity contribution in [1.29, 1.82) is 0 Å². The number of nitrogens with zero attached hydrogens (tertiary/aromatic N) is 1. The summed E-state index contributed by atoms with van der Waals surface area (Å²) >= 11 is 0. The molecule has 0 heterocycles. The number of hydrogen-bond acceptors (Lipinski definition) is 5. The molecule has 148 valence electrons. The molecule has 0 aliphatic heterocycles. The van der Waals surface area contributed by atoms with Crippen LogP contribution >= 0.6 is 0 Å². The van der Waals surface area contributed by atoms with Gasteiger partial charge in [0, 0.05) is 28.9 Å². The van der Waals surface area contributed by atoms with E-state index in [0.29, 0.717) is 11.1 Å². The second kappa shape index (κ2) is 12.1. The number of hydrogen-bond donors (Lipinski definition) is 0. The number of halogens is 2. The second-order valence-electron chi connectivity index (χ2n) is 5.52. The minimum atomic E-state index is -1.14. The highest BCUT2D eigenvalue weighted by Crippen LogP contribution is 2.16. The van der Waals surface area contributed by atoms with Crippen LogP contribution in [0.15, 0.2) is 65.2 Å². The summed E-state index contributed by atoms with van der Waals surface area (Å²) in [6, 6.07) is 12.6. The summed E-state index contributed by atoms with van der Waals surface area (Å²) in [4.78, 5) is 29.6. The maximum absolute atomic E-state index is 12.1. The van der Waals surface area contributed by atoms with Crippen molar-refractivity contribution < 1.29 is 28.2 Å². The van der Waals surface area contributed by atoms with E-state index in [0.717, 1.165) is 5.56 Å². The topological polar surface area (TPSA) is 65.0 Å². The van der Waals surface area contributed by atoms with Gasteiger partial charge in [0.15, 0.2) is 12.4 Å². The minimum absolute atomic E-state index is 0.171. The van der Waals surface area contributed by atoms with Gasteiger partial charge in [-0.3, -0.25) is 14.7 Å². The summed E-state index contributed by atoms with van der Waals surface area (Å²) in [7, 11) is 1.57. The number of allylic oxidation sites excluding steroid dienone is 2. The zero-order valence-corrected chi connectivity index (χ0v) is 15.8. The third kappa shape index (κ3) is 7.90. The van der Waals surface area contributed by atoms with E-state index in [-0.39, 0.29) is 17.3 Å². The van der Waals surface area contributed by atoms with E-state index < -0.39 is 12.6 Å². The first-order valence-corrected chi connectivity index (χ1v) is 8.30. The highest BCUT2D eigenvalue weighted by atomic mass is 19.3. The Balaban J connectivity index is 0.000000406. The van der Waals surface area contributed by atoms with Gasteiger partial charge in [0.05, 0.1) is 0 Å². The molecule has 0 unspecified atom stereocenters. The Morgan fingerprint density at radius 1 is 1.14 bits per heavy atom. The van der Waals surface area contributed by atoms with Crippen molar-refractivity contribution in [3.63, 3.8) is 0 Å². The second-order valence-corrected chi connectivity index (χ2v) is 5.52. The fraction of sp³-hybridized carbons (Fsp3) is 0.190. The number of rotatable bonds is 6. The standard InChI is InChI=1S/C14H14FNO4.C7H7F/c1-3-10(8-16-2)14(18)11-5-4-6-12(7-11)19-9-13(17)20-15;1-6-2-4-7(8)5-3-6/h3-8H,9H2,1-2H3;2-5H,1H3/b10-3+,16-8?;. The summed E-state index contributed by atoms with van der Waals surface area (Å²) in [6.07, 6.45) is 3.10. The third-order valence-electron chi connectivity index (χ3n) is 3.39. The predicted octanol–water partition coefficient (Wildman–Crippen LogP) is 4.46. The lowest BCUT2D eigenvalue weighted by atomic mass is 10.0. The van der Waals surface area contributed by atoms with Crippen LogP contribution in [0.5, 0.6) is 5.75 Å². The van der Waals surface area contributed by atoms with Crippen LogP contribution in [-0.2, 0) is 9.74 Å². The molecule has 2 aromatic carbocycles. The molecular weight excluding hydrogens is 368 g/mol. The van der Waals surface area contributed by atoms with Crippen LogP contribution in [0.1, 0.15) is 22.8 Å². The fourth-order valence-corrected chi connectivity index (χ4v) is 1.99. The SMILES string of the molecule is C/C=C(\C=NC)C(=O)c1cccc(OCC(=O)OF)c1.Cc1ccc(F)cc1. The molecule has 0 atom stereocenters. The summed E-state index contributed by atoms with van der Waals surface area (Å²) in [6.45, 7) is 3.09. The van der Waals surface area contributed by atoms with E-state index in [1.807, 2.05) is 6.92 Å². The molecule has 0 aliphatic rings. The average Bonchev–Trinajstić information content (AvgIpc) is 2.72. The molecule has 0 fully saturated rings. The maximum Gasteiger partial charge on any atom is 0.385 e. The molecule has 5 nitrogen and oxygen atoms in total. The van der Waals surface area contributed by atoms with E-state index in [1.165, 1.54) is 24.4 Å².